The smallest absolute Gasteiger partial charge is 0.0576 e. The molecule has 72 valence electrons. The Hall–Kier alpha value is -0.0800. The van der Waals surface area contributed by atoms with Crippen LogP contribution < -0.4 is 5.32 Å². The van der Waals surface area contributed by atoms with Gasteiger partial charge in [-0.2, -0.15) is 0 Å². The molecule has 1 rings (SSSR count). The normalized spacial score (nSPS) is 31.0. The highest BCUT2D eigenvalue weighted by Crippen LogP contribution is 2.28. The Morgan fingerprint density at radius 3 is 2.58 bits per heavy atom. The van der Waals surface area contributed by atoms with Gasteiger partial charge < -0.3 is 10.1 Å². The van der Waals surface area contributed by atoms with E-state index in [9.17, 15) is 0 Å². The maximum absolute atomic E-state index is 5.53. The van der Waals surface area contributed by atoms with Gasteiger partial charge in [0.1, 0.15) is 0 Å². The molecule has 1 aliphatic rings. The van der Waals surface area contributed by atoms with Crippen LogP contribution in [0.25, 0.3) is 0 Å². The first-order chi connectivity index (χ1) is 5.55. The van der Waals surface area contributed by atoms with Crippen molar-refractivity contribution in [3.8, 4) is 0 Å². The summed E-state index contributed by atoms with van der Waals surface area (Å²) in [6, 6.07) is 0. The SMILES string of the molecule is CNC(C)(C)CC1CCOC1C. The quantitative estimate of drug-likeness (QED) is 0.699. The van der Waals surface area contributed by atoms with Crippen molar-refractivity contribution < 1.29 is 4.74 Å². The Kier molecular flexibility index (Phi) is 3.13. The van der Waals surface area contributed by atoms with Crippen molar-refractivity contribution >= 4 is 0 Å². The Morgan fingerprint density at radius 1 is 1.50 bits per heavy atom. The molecular formula is C10H21NO. The van der Waals surface area contributed by atoms with Crippen LogP contribution >= 0.6 is 0 Å². The molecule has 0 bridgehead atoms. The third kappa shape index (κ3) is 2.46. The van der Waals surface area contributed by atoms with Gasteiger partial charge in [0, 0.05) is 12.1 Å². The summed E-state index contributed by atoms with van der Waals surface area (Å²) in [7, 11) is 2.03. The van der Waals surface area contributed by atoms with E-state index in [1.165, 1.54) is 12.8 Å². The van der Waals surface area contributed by atoms with Gasteiger partial charge in [0.15, 0.2) is 0 Å². The van der Waals surface area contributed by atoms with E-state index in [4.69, 9.17) is 4.74 Å². The first-order valence-electron chi connectivity index (χ1n) is 4.86. The highest BCUT2D eigenvalue weighted by molar-refractivity contribution is 4.84. The molecule has 1 aliphatic heterocycles. The molecule has 2 nitrogen and oxygen atoms in total. The first-order valence-corrected chi connectivity index (χ1v) is 4.86. The minimum atomic E-state index is 0.257. The van der Waals surface area contributed by atoms with Gasteiger partial charge in [0.25, 0.3) is 0 Å². The topological polar surface area (TPSA) is 21.3 Å². The van der Waals surface area contributed by atoms with E-state index in [1.807, 2.05) is 7.05 Å². The number of rotatable bonds is 3. The van der Waals surface area contributed by atoms with Crippen molar-refractivity contribution in [1.82, 2.24) is 5.32 Å². The van der Waals surface area contributed by atoms with Crippen LogP contribution in [0, 0.1) is 5.92 Å². The van der Waals surface area contributed by atoms with Crippen molar-refractivity contribution in [2.45, 2.75) is 45.3 Å². The van der Waals surface area contributed by atoms with Crippen molar-refractivity contribution in [2.24, 2.45) is 5.92 Å². The Morgan fingerprint density at radius 2 is 2.17 bits per heavy atom. The number of hydrogen-bond acceptors (Lipinski definition) is 2. The Balaban J connectivity index is 2.39. The van der Waals surface area contributed by atoms with Crippen LogP contribution in [0.5, 0.6) is 0 Å². The van der Waals surface area contributed by atoms with Crippen LogP contribution in [0.15, 0.2) is 0 Å². The van der Waals surface area contributed by atoms with Crippen molar-refractivity contribution in [2.75, 3.05) is 13.7 Å². The zero-order chi connectivity index (χ0) is 9.19. The van der Waals surface area contributed by atoms with Crippen molar-refractivity contribution in [3.63, 3.8) is 0 Å². The summed E-state index contributed by atoms with van der Waals surface area (Å²) >= 11 is 0. The fourth-order valence-electron chi connectivity index (χ4n) is 1.80. The maximum atomic E-state index is 5.53. The molecule has 0 amide bonds. The van der Waals surface area contributed by atoms with Gasteiger partial charge >= 0.3 is 0 Å². The van der Waals surface area contributed by atoms with E-state index in [2.05, 4.69) is 26.1 Å². The molecule has 1 fully saturated rings. The van der Waals surface area contributed by atoms with E-state index in [1.54, 1.807) is 0 Å². The lowest BCUT2D eigenvalue weighted by molar-refractivity contribution is 0.0968. The van der Waals surface area contributed by atoms with E-state index in [0.29, 0.717) is 6.10 Å². The Bertz CT molecular complexity index is 145. The van der Waals surface area contributed by atoms with Gasteiger partial charge in [-0.05, 0) is 46.6 Å². The largest absolute Gasteiger partial charge is 0.378 e. The molecule has 0 aliphatic carbocycles. The van der Waals surface area contributed by atoms with Gasteiger partial charge in [0.05, 0.1) is 6.10 Å². The fourth-order valence-corrected chi connectivity index (χ4v) is 1.80. The molecule has 1 N–H and O–H groups in total. The summed E-state index contributed by atoms with van der Waals surface area (Å²) < 4.78 is 5.53. The second kappa shape index (κ2) is 3.75. The second-order valence-electron chi connectivity index (χ2n) is 4.46. The van der Waals surface area contributed by atoms with E-state index in [0.717, 1.165) is 12.5 Å². The molecule has 0 aromatic rings. The first kappa shape index (κ1) is 10.0. The van der Waals surface area contributed by atoms with Crippen LogP contribution in [0.2, 0.25) is 0 Å². The van der Waals surface area contributed by atoms with Gasteiger partial charge in [-0.25, -0.2) is 0 Å². The summed E-state index contributed by atoms with van der Waals surface area (Å²) in [6.07, 6.45) is 2.90. The van der Waals surface area contributed by atoms with Crippen LogP contribution in [0.3, 0.4) is 0 Å². The molecule has 1 heterocycles. The van der Waals surface area contributed by atoms with Gasteiger partial charge in [-0.3, -0.25) is 0 Å². The number of hydrogen-bond donors (Lipinski definition) is 1. The summed E-state index contributed by atoms with van der Waals surface area (Å²) in [5, 5.41) is 3.33. The van der Waals surface area contributed by atoms with Crippen LogP contribution in [-0.2, 0) is 4.74 Å². The predicted octanol–water partition coefficient (Wildman–Crippen LogP) is 1.80. The molecular weight excluding hydrogens is 150 g/mol. The zero-order valence-electron chi connectivity index (χ0n) is 8.68. The van der Waals surface area contributed by atoms with Gasteiger partial charge in [-0.1, -0.05) is 0 Å². The van der Waals surface area contributed by atoms with Crippen molar-refractivity contribution in [1.29, 1.82) is 0 Å². The molecule has 0 aromatic heterocycles. The fraction of sp³-hybridized carbons (Fsp3) is 1.00. The lowest BCUT2D eigenvalue weighted by Gasteiger charge is -2.28. The lowest BCUT2D eigenvalue weighted by Crippen LogP contribution is -2.39. The molecule has 0 aromatic carbocycles. The molecule has 0 spiro atoms. The maximum Gasteiger partial charge on any atom is 0.0576 e. The lowest BCUT2D eigenvalue weighted by atomic mass is 9.87. The van der Waals surface area contributed by atoms with Crippen molar-refractivity contribution in [3.05, 3.63) is 0 Å². The molecule has 2 heteroatoms. The molecule has 0 saturated carbocycles. The highest BCUT2D eigenvalue weighted by Gasteiger charge is 2.29. The summed E-state index contributed by atoms with van der Waals surface area (Å²) in [6.45, 7) is 7.63. The molecule has 12 heavy (non-hydrogen) atoms. The summed E-state index contributed by atoms with van der Waals surface area (Å²) in [5.41, 5.74) is 0.257. The van der Waals surface area contributed by atoms with E-state index >= 15 is 0 Å². The van der Waals surface area contributed by atoms with Crippen LogP contribution in [0.1, 0.15) is 33.6 Å². The Labute approximate surface area is 75.7 Å². The van der Waals surface area contributed by atoms with Crippen LogP contribution in [0.4, 0.5) is 0 Å². The predicted molar refractivity (Wildman–Crippen MR) is 51.3 cm³/mol. The van der Waals surface area contributed by atoms with E-state index < -0.39 is 0 Å². The minimum Gasteiger partial charge on any atom is -0.378 e. The third-order valence-corrected chi connectivity index (χ3v) is 2.98. The highest BCUT2D eigenvalue weighted by atomic mass is 16.5. The molecule has 1 saturated heterocycles. The minimum absolute atomic E-state index is 0.257. The number of nitrogens with one attached hydrogen (secondary N) is 1. The van der Waals surface area contributed by atoms with Crippen LogP contribution in [-0.4, -0.2) is 25.3 Å². The monoisotopic (exact) mass is 171 g/mol. The van der Waals surface area contributed by atoms with Gasteiger partial charge in [-0.15, -0.1) is 0 Å². The second-order valence-corrected chi connectivity index (χ2v) is 4.46. The third-order valence-electron chi connectivity index (χ3n) is 2.98. The molecule has 2 unspecified atom stereocenters. The molecule has 2 atom stereocenters. The standard InChI is InChI=1S/C10H21NO/c1-8-9(5-6-12-8)7-10(2,3)11-4/h8-9,11H,5-7H2,1-4H3. The average molecular weight is 171 g/mol. The summed E-state index contributed by atoms with van der Waals surface area (Å²) in [4.78, 5) is 0. The van der Waals surface area contributed by atoms with Gasteiger partial charge in [0.2, 0.25) is 0 Å². The number of ether oxygens (including phenoxy) is 1. The zero-order valence-corrected chi connectivity index (χ0v) is 8.68. The molecule has 0 radical (unpaired) electrons. The summed E-state index contributed by atoms with van der Waals surface area (Å²) in [5.74, 6) is 0.743. The average Bonchev–Trinajstić information content (AvgIpc) is 2.36. The van der Waals surface area contributed by atoms with E-state index in [-0.39, 0.29) is 5.54 Å².